The molecule has 130 valence electrons. The number of nitrogens with zero attached hydrogens (tertiary/aromatic N) is 4. The lowest BCUT2D eigenvalue weighted by atomic mass is 9.98. The Kier molecular flexibility index (Phi) is 4.33. The smallest absolute Gasteiger partial charge is 0.233 e. The summed E-state index contributed by atoms with van der Waals surface area (Å²) >= 11 is 1.36. The van der Waals surface area contributed by atoms with Gasteiger partial charge in [0.05, 0.1) is 5.75 Å². The molecule has 3 heterocycles. The number of carbonyl (C=O) groups excluding carboxylic acids is 1. The van der Waals surface area contributed by atoms with Gasteiger partial charge in [-0.2, -0.15) is 0 Å². The Labute approximate surface area is 150 Å². The second-order valence-electron chi connectivity index (χ2n) is 6.68. The Morgan fingerprint density at radius 2 is 2.00 bits per heavy atom. The van der Waals surface area contributed by atoms with Gasteiger partial charge in [0.2, 0.25) is 11.1 Å². The molecule has 0 spiro atoms. The minimum absolute atomic E-state index is 0.157. The Morgan fingerprint density at radius 1 is 1.24 bits per heavy atom. The van der Waals surface area contributed by atoms with Crippen molar-refractivity contribution in [2.45, 2.75) is 50.4 Å². The van der Waals surface area contributed by atoms with Crippen LogP contribution in [0.25, 0.3) is 22.1 Å². The van der Waals surface area contributed by atoms with Gasteiger partial charge in [0.1, 0.15) is 5.52 Å². The van der Waals surface area contributed by atoms with Gasteiger partial charge in [0.15, 0.2) is 5.65 Å². The lowest BCUT2D eigenvalue weighted by Crippen LogP contribution is -2.48. The molecule has 2 atom stereocenters. The number of carbonyl (C=O) groups is 1. The maximum Gasteiger partial charge on any atom is 0.233 e. The maximum absolute atomic E-state index is 12.6. The molecule has 4 rings (SSSR count). The van der Waals surface area contributed by atoms with Crippen LogP contribution in [-0.2, 0) is 4.79 Å². The zero-order valence-corrected chi connectivity index (χ0v) is 15.2. The predicted molar refractivity (Wildman–Crippen MR) is 99.5 cm³/mol. The zero-order valence-electron chi connectivity index (χ0n) is 14.4. The molecule has 0 saturated carbocycles. The molecule has 1 aromatic carbocycles. The molecule has 25 heavy (non-hydrogen) atoms. The summed E-state index contributed by atoms with van der Waals surface area (Å²) in [7, 11) is 0. The number of benzene rings is 1. The minimum Gasteiger partial charge on any atom is -0.338 e. The third kappa shape index (κ3) is 3.08. The average Bonchev–Trinajstić information content (AvgIpc) is 2.97. The van der Waals surface area contributed by atoms with Crippen molar-refractivity contribution in [1.29, 1.82) is 0 Å². The van der Waals surface area contributed by atoms with Crippen LogP contribution < -0.4 is 0 Å². The molecule has 7 heteroatoms. The number of thioether (sulfide) groups is 1. The lowest BCUT2D eigenvalue weighted by molar-refractivity contribution is -0.134. The molecule has 0 aliphatic carbocycles. The molecule has 0 radical (unpaired) electrons. The first kappa shape index (κ1) is 16.3. The topological polar surface area (TPSA) is 74.8 Å². The van der Waals surface area contributed by atoms with Crippen LogP contribution in [-0.4, -0.2) is 48.8 Å². The molecule has 1 fully saturated rings. The molecule has 1 N–H and O–H groups in total. The van der Waals surface area contributed by atoms with Crippen LogP contribution in [0.1, 0.15) is 33.1 Å². The van der Waals surface area contributed by atoms with E-state index in [1.54, 1.807) is 0 Å². The highest BCUT2D eigenvalue weighted by atomic mass is 32.2. The molecular formula is C18H21N5OS. The van der Waals surface area contributed by atoms with Crippen molar-refractivity contribution in [3.63, 3.8) is 0 Å². The number of piperidine rings is 1. The third-order valence-electron chi connectivity index (χ3n) is 4.91. The highest BCUT2D eigenvalue weighted by Crippen LogP contribution is 2.26. The number of aromatic nitrogens is 4. The van der Waals surface area contributed by atoms with Crippen molar-refractivity contribution >= 4 is 39.7 Å². The van der Waals surface area contributed by atoms with E-state index in [0.29, 0.717) is 28.6 Å². The number of hydrogen-bond donors (Lipinski definition) is 1. The van der Waals surface area contributed by atoms with Gasteiger partial charge in [0, 0.05) is 23.0 Å². The number of hydrogen-bond acceptors (Lipinski definition) is 5. The van der Waals surface area contributed by atoms with E-state index in [-0.39, 0.29) is 5.91 Å². The van der Waals surface area contributed by atoms with E-state index < -0.39 is 0 Å². The van der Waals surface area contributed by atoms with Gasteiger partial charge in [-0.05, 0) is 39.2 Å². The first-order valence-corrected chi connectivity index (χ1v) is 9.67. The van der Waals surface area contributed by atoms with Crippen LogP contribution in [0.5, 0.6) is 0 Å². The highest BCUT2D eigenvalue weighted by molar-refractivity contribution is 7.99. The molecule has 1 amide bonds. The van der Waals surface area contributed by atoms with Gasteiger partial charge in [0.25, 0.3) is 0 Å². The average molecular weight is 355 g/mol. The number of amides is 1. The number of fused-ring (bicyclic) bond motifs is 3. The summed E-state index contributed by atoms with van der Waals surface area (Å²) in [5, 5.41) is 10.0. The number of nitrogens with one attached hydrogen (secondary N) is 1. The second kappa shape index (κ2) is 6.63. The van der Waals surface area contributed by atoms with Gasteiger partial charge >= 0.3 is 0 Å². The second-order valence-corrected chi connectivity index (χ2v) is 7.62. The van der Waals surface area contributed by atoms with Crippen molar-refractivity contribution in [2.75, 3.05) is 5.75 Å². The summed E-state index contributed by atoms with van der Waals surface area (Å²) in [6.07, 6.45) is 3.36. The Morgan fingerprint density at radius 3 is 2.80 bits per heavy atom. The van der Waals surface area contributed by atoms with E-state index in [1.807, 2.05) is 29.2 Å². The number of para-hydroxylation sites is 1. The molecule has 1 saturated heterocycles. The molecule has 3 aromatic rings. The van der Waals surface area contributed by atoms with Gasteiger partial charge in [-0.25, -0.2) is 4.98 Å². The first-order chi connectivity index (χ1) is 12.1. The van der Waals surface area contributed by atoms with Crippen molar-refractivity contribution in [1.82, 2.24) is 25.1 Å². The minimum atomic E-state index is 0.157. The van der Waals surface area contributed by atoms with Crippen molar-refractivity contribution in [2.24, 2.45) is 0 Å². The van der Waals surface area contributed by atoms with Gasteiger partial charge in [-0.3, -0.25) is 4.79 Å². The number of rotatable bonds is 3. The van der Waals surface area contributed by atoms with Crippen LogP contribution in [0.15, 0.2) is 29.4 Å². The summed E-state index contributed by atoms with van der Waals surface area (Å²) in [5.41, 5.74) is 2.48. The normalized spacial score (nSPS) is 21.1. The predicted octanol–water partition coefficient (Wildman–Crippen LogP) is 3.39. The first-order valence-electron chi connectivity index (χ1n) is 8.68. The van der Waals surface area contributed by atoms with Crippen LogP contribution in [0, 0.1) is 0 Å². The Bertz CT molecular complexity index is 914. The van der Waals surface area contributed by atoms with E-state index in [2.05, 4.69) is 34.0 Å². The molecule has 1 aliphatic rings. The zero-order chi connectivity index (χ0) is 17.4. The molecule has 0 bridgehead atoms. The lowest BCUT2D eigenvalue weighted by Gasteiger charge is -2.39. The van der Waals surface area contributed by atoms with E-state index in [9.17, 15) is 4.79 Å². The fraction of sp³-hybridized carbons (Fsp3) is 0.444. The fourth-order valence-corrected chi connectivity index (χ4v) is 4.34. The maximum atomic E-state index is 12.6. The van der Waals surface area contributed by atoms with Crippen molar-refractivity contribution in [3.8, 4) is 0 Å². The van der Waals surface area contributed by atoms with Gasteiger partial charge in [-0.15, -0.1) is 10.2 Å². The van der Waals surface area contributed by atoms with Crippen LogP contribution in [0.3, 0.4) is 0 Å². The van der Waals surface area contributed by atoms with E-state index >= 15 is 0 Å². The van der Waals surface area contributed by atoms with Crippen LogP contribution in [0.2, 0.25) is 0 Å². The number of aromatic amines is 1. The standard InChI is InChI=1S/C18H21N5OS/c1-11-6-5-7-12(2)23(11)15(24)10-25-18-20-17-16(21-22-18)13-8-3-4-9-14(13)19-17/h3-4,8-9,11-12H,5-7,10H2,1-2H3,(H,19,20,22)/t11-,12-/m1/s1. The van der Waals surface area contributed by atoms with Gasteiger partial charge in [-0.1, -0.05) is 30.0 Å². The van der Waals surface area contributed by atoms with Crippen LogP contribution in [0.4, 0.5) is 0 Å². The highest BCUT2D eigenvalue weighted by Gasteiger charge is 2.28. The summed E-state index contributed by atoms with van der Waals surface area (Å²) in [6, 6.07) is 8.56. The summed E-state index contributed by atoms with van der Waals surface area (Å²) in [6.45, 7) is 4.26. The van der Waals surface area contributed by atoms with E-state index in [1.165, 1.54) is 18.2 Å². The molecule has 1 aliphatic heterocycles. The fourth-order valence-electron chi connectivity index (χ4n) is 3.68. The SMILES string of the molecule is C[C@@H]1CCC[C@@H](C)N1C(=O)CSc1nnc2c(n1)[nH]c1ccccc12. The number of likely N-dealkylation sites (tertiary alicyclic amines) is 1. The molecular weight excluding hydrogens is 334 g/mol. The Hall–Kier alpha value is -2.15. The van der Waals surface area contributed by atoms with E-state index in [4.69, 9.17) is 0 Å². The largest absolute Gasteiger partial charge is 0.338 e. The van der Waals surface area contributed by atoms with Crippen molar-refractivity contribution < 1.29 is 4.79 Å². The van der Waals surface area contributed by atoms with E-state index in [0.717, 1.165) is 29.3 Å². The van der Waals surface area contributed by atoms with Gasteiger partial charge < -0.3 is 9.88 Å². The molecule has 2 aromatic heterocycles. The Balaban J connectivity index is 1.51. The monoisotopic (exact) mass is 355 g/mol. The number of H-pyrrole nitrogens is 1. The summed E-state index contributed by atoms with van der Waals surface area (Å²) in [4.78, 5) is 22.4. The quantitative estimate of drug-likeness (QED) is 0.729. The summed E-state index contributed by atoms with van der Waals surface area (Å²) in [5.74, 6) is 0.507. The summed E-state index contributed by atoms with van der Waals surface area (Å²) < 4.78 is 0. The van der Waals surface area contributed by atoms with Crippen molar-refractivity contribution in [3.05, 3.63) is 24.3 Å². The third-order valence-corrected chi connectivity index (χ3v) is 5.73. The molecule has 0 unspecified atom stereocenters. The van der Waals surface area contributed by atoms with Crippen LogP contribution >= 0.6 is 11.8 Å². The molecule has 6 nitrogen and oxygen atoms in total.